The second-order valence-electron chi connectivity index (χ2n) is 3.14. The van der Waals surface area contributed by atoms with Gasteiger partial charge >= 0.3 is 6.18 Å². The number of halogens is 5. The minimum absolute atomic E-state index is 0.00160. The Labute approximate surface area is 105 Å². The van der Waals surface area contributed by atoms with Crippen LogP contribution in [0.4, 0.5) is 19.0 Å². The summed E-state index contributed by atoms with van der Waals surface area (Å²) in [6.45, 7) is 0.609. The SMILES string of the molecule is CN(CCBr)c1ncc(C(F)(F)F)cc1Cl. The number of rotatable bonds is 3. The average molecular weight is 318 g/mol. The molecule has 90 valence electrons. The fourth-order valence-corrected chi connectivity index (χ4v) is 1.94. The molecule has 2 nitrogen and oxygen atoms in total. The van der Waals surface area contributed by atoms with Gasteiger partial charge < -0.3 is 4.90 Å². The molecule has 0 aliphatic rings. The van der Waals surface area contributed by atoms with E-state index >= 15 is 0 Å². The molecule has 1 aromatic rings. The molecule has 0 saturated carbocycles. The molecule has 0 radical (unpaired) electrons. The summed E-state index contributed by atoms with van der Waals surface area (Å²) in [5, 5.41) is 0.681. The fourth-order valence-electron chi connectivity index (χ4n) is 1.10. The van der Waals surface area contributed by atoms with Crippen molar-refractivity contribution in [3.8, 4) is 0 Å². The van der Waals surface area contributed by atoms with Crippen LogP contribution in [0.25, 0.3) is 0 Å². The van der Waals surface area contributed by atoms with Gasteiger partial charge in [-0.1, -0.05) is 27.5 Å². The highest BCUT2D eigenvalue weighted by Gasteiger charge is 2.31. The normalized spacial score (nSPS) is 11.6. The lowest BCUT2D eigenvalue weighted by Gasteiger charge is -2.18. The average Bonchev–Trinajstić information content (AvgIpc) is 2.16. The van der Waals surface area contributed by atoms with Crippen molar-refractivity contribution in [1.82, 2.24) is 4.98 Å². The van der Waals surface area contributed by atoms with Gasteiger partial charge in [-0.05, 0) is 6.07 Å². The lowest BCUT2D eigenvalue weighted by atomic mass is 10.2. The summed E-state index contributed by atoms with van der Waals surface area (Å²) in [7, 11) is 1.71. The van der Waals surface area contributed by atoms with Gasteiger partial charge in [-0.2, -0.15) is 13.2 Å². The highest BCUT2D eigenvalue weighted by Crippen LogP contribution is 2.33. The molecular formula is C9H9BrClF3N2. The van der Waals surface area contributed by atoms with Crippen LogP contribution in [0.1, 0.15) is 5.56 Å². The van der Waals surface area contributed by atoms with Crippen LogP contribution in [0.15, 0.2) is 12.3 Å². The standard InChI is InChI=1S/C9H9BrClF3N2/c1-16(3-2-10)8-7(11)4-6(5-15-8)9(12,13)14/h4-5H,2-3H2,1H3. The van der Waals surface area contributed by atoms with Crippen molar-refractivity contribution in [2.45, 2.75) is 6.18 Å². The van der Waals surface area contributed by atoms with E-state index in [1.165, 1.54) is 0 Å². The lowest BCUT2D eigenvalue weighted by molar-refractivity contribution is -0.137. The van der Waals surface area contributed by atoms with Gasteiger partial charge in [-0.25, -0.2) is 4.98 Å². The summed E-state index contributed by atoms with van der Waals surface area (Å²) in [6.07, 6.45) is -3.63. The topological polar surface area (TPSA) is 16.1 Å². The molecule has 0 unspecified atom stereocenters. The van der Waals surface area contributed by atoms with Crippen LogP contribution >= 0.6 is 27.5 Å². The molecule has 0 aliphatic heterocycles. The quantitative estimate of drug-likeness (QED) is 0.792. The van der Waals surface area contributed by atoms with E-state index in [9.17, 15) is 13.2 Å². The zero-order valence-electron chi connectivity index (χ0n) is 8.35. The molecule has 1 rings (SSSR count). The minimum Gasteiger partial charge on any atom is -0.358 e. The number of hydrogen-bond donors (Lipinski definition) is 0. The van der Waals surface area contributed by atoms with Gasteiger partial charge in [0.25, 0.3) is 0 Å². The third-order valence-electron chi connectivity index (χ3n) is 1.93. The zero-order valence-corrected chi connectivity index (χ0v) is 10.7. The summed E-state index contributed by atoms with van der Waals surface area (Å²) in [5.74, 6) is 0.342. The van der Waals surface area contributed by atoms with Gasteiger partial charge in [0, 0.05) is 25.1 Å². The number of hydrogen-bond acceptors (Lipinski definition) is 2. The first kappa shape index (κ1) is 13.6. The third kappa shape index (κ3) is 3.25. The molecule has 0 fully saturated rings. The van der Waals surface area contributed by atoms with Crippen molar-refractivity contribution < 1.29 is 13.2 Å². The van der Waals surface area contributed by atoms with Crippen molar-refractivity contribution in [2.24, 2.45) is 0 Å². The summed E-state index contributed by atoms with van der Waals surface area (Å²) >= 11 is 8.97. The lowest BCUT2D eigenvalue weighted by Crippen LogP contribution is -2.21. The van der Waals surface area contributed by atoms with Gasteiger partial charge in [0.1, 0.15) is 5.82 Å². The predicted octanol–water partition coefficient (Wildman–Crippen LogP) is 3.58. The van der Waals surface area contributed by atoms with Crippen molar-refractivity contribution >= 4 is 33.3 Å². The highest BCUT2D eigenvalue weighted by atomic mass is 79.9. The van der Waals surface area contributed by atoms with E-state index in [1.807, 2.05) is 0 Å². The van der Waals surface area contributed by atoms with Crippen molar-refractivity contribution in [3.05, 3.63) is 22.8 Å². The van der Waals surface area contributed by atoms with Crippen LogP contribution in [-0.2, 0) is 6.18 Å². The Kier molecular flexibility index (Phi) is 4.43. The van der Waals surface area contributed by atoms with E-state index in [-0.39, 0.29) is 5.02 Å². The number of anilines is 1. The van der Waals surface area contributed by atoms with E-state index in [4.69, 9.17) is 11.6 Å². The largest absolute Gasteiger partial charge is 0.417 e. The minimum atomic E-state index is -4.41. The first-order chi connectivity index (χ1) is 7.36. The van der Waals surface area contributed by atoms with Crippen LogP contribution in [0.2, 0.25) is 5.02 Å². The van der Waals surface area contributed by atoms with Crippen LogP contribution in [-0.4, -0.2) is 23.9 Å². The molecule has 0 bridgehead atoms. The zero-order chi connectivity index (χ0) is 12.3. The number of pyridine rings is 1. The maximum atomic E-state index is 12.3. The van der Waals surface area contributed by atoms with E-state index in [0.717, 1.165) is 12.3 Å². The van der Waals surface area contributed by atoms with Crippen molar-refractivity contribution in [2.75, 3.05) is 23.8 Å². The second kappa shape index (κ2) is 5.23. The monoisotopic (exact) mass is 316 g/mol. The summed E-state index contributed by atoms with van der Waals surface area (Å²) < 4.78 is 37.0. The molecule has 0 saturated heterocycles. The van der Waals surface area contributed by atoms with E-state index in [1.54, 1.807) is 11.9 Å². The van der Waals surface area contributed by atoms with Crippen molar-refractivity contribution in [3.63, 3.8) is 0 Å². The van der Waals surface area contributed by atoms with Gasteiger partial charge in [-0.3, -0.25) is 0 Å². The van der Waals surface area contributed by atoms with Gasteiger partial charge in [0.05, 0.1) is 10.6 Å². The van der Waals surface area contributed by atoms with Crippen LogP contribution in [0, 0.1) is 0 Å². The molecule has 0 N–H and O–H groups in total. The first-order valence-corrected chi connectivity index (χ1v) is 5.86. The summed E-state index contributed by atoms with van der Waals surface area (Å²) in [4.78, 5) is 5.39. The molecule has 1 aromatic heterocycles. The third-order valence-corrected chi connectivity index (χ3v) is 2.56. The second-order valence-corrected chi connectivity index (χ2v) is 4.34. The molecule has 0 aliphatic carbocycles. The molecule has 1 heterocycles. The fraction of sp³-hybridized carbons (Fsp3) is 0.444. The number of aromatic nitrogens is 1. The Morgan fingerprint density at radius 2 is 2.12 bits per heavy atom. The smallest absolute Gasteiger partial charge is 0.358 e. The van der Waals surface area contributed by atoms with Crippen molar-refractivity contribution in [1.29, 1.82) is 0 Å². The Morgan fingerprint density at radius 1 is 1.50 bits per heavy atom. The number of nitrogens with zero attached hydrogens (tertiary/aromatic N) is 2. The summed E-state index contributed by atoms with van der Waals surface area (Å²) in [5.41, 5.74) is -0.839. The molecule has 7 heteroatoms. The Morgan fingerprint density at radius 3 is 2.56 bits per heavy atom. The first-order valence-electron chi connectivity index (χ1n) is 4.36. The maximum Gasteiger partial charge on any atom is 0.417 e. The highest BCUT2D eigenvalue weighted by molar-refractivity contribution is 9.09. The van der Waals surface area contributed by atoms with Gasteiger partial charge in [0.2, 0.25) is 0 Å². The van der Waals surface area contributed by atoms with Crippen LogP contribution in [0.5, 0.6) is 0 Å². The molecular weight excluding hydrogens is 308 g/mol. The molecule has 0 amide bonds. The Hall–Kier alpha value is -0.490. The maximum absolute atomic E-state index is 12.3. The summed E-state index contributed by atoms with van der Waals surface area (Å²) in [6, 6.07) is 0.884. The Balaban J connectivity index is 3.00. The molecule has 16 heavy (non-hydrogen) atoms. The molecule has 0 atom stereocenters. The van der Waals surface area contributed by atoms with Crippen LogP contribution in [0.3, 0.4) is 0 Å². The van der Waals surface area contributed by atoms with E-state index in [2.05, 4.69) is 20.9 Å². The predicted molar refractivity (Wildman–Crippen MR) is 61.3 cm³/mol. The van der Waals surface area contributed by atoms with Crippen LogP contribution < -0.4 is 4.90 Å². The van der Waals surface area contributed by atoms with Gasteiger partial charge in [0.15, 0.2) is 0 Å². The molecule has 0 aromatic carbocycles. The molecule has 0 spiro atoms. The van der Waals surface area contributed by atoms with Gasteiger partial charge in [-0.15, -0.1) is 0 Å². The van der Waals surface area contributed by atoms with E-state index < -0.39 is 11.7 Å². The Bertz CT molecular complexity index is 370. The van der Waals surface area contributed by atoms with E-state index in [0.29, 0.717) is 17.7 Å². The number of alkyl halides is 4.